The van der Waals surface area contributed by atoms with Crippen LogP contribution in [0.2, 0.25) is 5.15 Å². The Hall–Kier alpha value is -1.45. The van der Waals surface area contributed by atoms with Gasteiger partial charge in [0.05, 0.1) is 6.61 Å². The average molecular weight is 291 g/mol. The van der Waals surface area contributed by atoms with Crippen molar-refractivity contribution in [2.45, 2.75) is 26.7 Å². The van der Waals surface area contributed by atoms with Gasteiger partial charge in [0, 0.05) is 31.2 Å². The molecule has 0 atom stereocenters. The summed E-state index contributed by atoms with van der Waals surface area (Å²) in [7, 11) is 1.67. The Labute approximate surface area is 125 Å². The summed E-state index contributed by atoms with van der Waals surface area (Å²) in [6, 6.07) is 8.40. The lowest BCUT2D eigenvalue weighted by Crippen LogP contribution is -2.06. The van der Waals surface area contributed by atoms with Crippen LogP contribution in [0.25, 0.3) is 0 Å². The van der Waals surface area contributed by atoms with Crippen LogP contribution in [-0.2, 0) is 17.6 Å². The summed E-state index contributed by atoms with van der Waals surface area (Å²) in [5, 5.41) is 0.546. The van der Waals surface area contributed by atoms with Gasteiger partial charge >= 0.3 is 0 Å². The van der Waals surface area contributed by atoms with Gasteiger partial charge in [0.1, 0.15) is 11.0 Å². The van der Waals surface area contributed by atoms with Crippen molar-refractivity contribution in [3.05, 3.63) is 57.6 Å². The van der Waals surface area contributed by atoms with Gasteiger partial charge in [-0.25, -0.2) is 9.97 Å². The molecule has 0 bridgehead atoms. The third kappa shape index (κ3) is 3.78. The van der Waals surface area contributed by atoms with Crippen molar-refractivity contribution < 1.29 is 4.74 Å². The first kappa shape index (κ1) is 14.9. The number of hydrogen-bond donors (Lipinski definition) is 0. The van der Waals surface area contributed by atoms with Crippen LogP contribution in [0.1, 0.15) is 28.2 Å². The second-order valence-electron chi connectivity index (χ2n) is 4.90. The standard InChI is InChI=1S/C16H19ClN2O/c1-11-5-4-6-13(9-11)10-14-12(2)18-15(7-8-20-3)19-16(14)17/h4-6,9H,7-8,10H2,1-3H3. The molecule has 1 heterocycles. The number of aryl methyl sites for hydroxylation is 2. The molecule has 4 heteroatoms. The molecule has 20 heavy (non-hydrogen) atoms. The molecular weight excluding hydrogens is 272 g/mol. The Morgan fingerprint density at radius 3 is 2.65 bits per heavy atom. The summed E-state index contributed by atoms with van der Waals surface area (Å²) in [6.07, 6.45) is 1.44. The Morgan fingerprint density at radius 2 is 2.00 bits per heavy atom. The van der Waals surface area contributed by atoms with Gasteiger partial charge in [-0.2, -0.15) is 0 Å². The van der Waals surface area contributed by atoms with E-state index in [2.05, 4.69) is 41.2 Å². The van der Waals surface area contributed by atoms with Crippen molar-refractivity contribution >= 4 is 11.6 Å². The van der Waals surface area contributed by atoms with E-state index in [1.54, 1.807) is 7.11 Å². The lowest BCUT2D eigenvalue weighted by atomic mass is 10.0. The minimum atomic E-state index is 0.546. The fraction of sp³-hybridized carbons (Fsp3) is 0.375. The maximum atomic E-state index is 6.31. The van der Waals surface area contributed by atoms with Crippen molar-refractivity contribution in [1.82, 2.24) is 9.97 Å². The molecule has 2 aromatic rings. The average Bonchev–Trinajstić information content (AvgIpc) is 2.40. The second-order valence-corrected chi connectivity index (χ2v) is 5.26. The highest BCUT2D eigenvalue weighted by molar-refractivity contribution is 6.30. The molecule has 1 aromatic heterocycles. The molecule has 0 saturated heterocycles. The van der Waals surface area contributed by atoms with E-state index in [-0.39, 0.29) is 0 Å². The smallest absolute Gasteiger partial charge is 0.136 e. The van der Waals surface area contributed by atoms with Crippen LogP contribution in [0, 0.1) is 13.8 Å². The van der Waals surface area contributed by atoms with Crippen molar-refractivity contribution in [2.75, 3.05) is 13.7 Å². The lowest BCUT2D eigenvalue weighted by Gasteiger charge is -2.10. The summed E-state index contributed by atoms with van der Waals surface area (Å²) in [5.74, 6) is 0.738. The quantitative estimate of drug-likeness (QED) is 0.790. The molecule has 0 spiro atoms. The van der Waals surface area contributed by atoms with Gasteiger partial charge in [0.25, 0.3) is 0 Å². The summed E-state index contributed by atoms with van der Waals surface area (Å²) in [5.41, 5.74) is 4.41. The minimum Gasteiger partial charge on any atom is -0.384 e. The molecule has 0 unspecified atom stereocenters. The Balaban J connectivity index is 2.24. The van der Waals surface area contributed by atoms with Crippen molar-refractivity contribution in [3.8, 4) is 0 Å². The van der Waals surface area contributed by atoms with Crippen LogP contribution in [0.4, 0.5) is 0 Å². The molecule has 0 aliphatic heterocycles. The molecule has 0 saturated carbocycles. The van der Waals surface area contributed by atoms with Gasteiger partial charge in [-0.1, -0.05) is 41.4 Å². The molecule has 0 fully saturated rings. The third-order valence-corrected chi connectivity index (χ3v) is 3.52. The highest BCUT2D eigenvalue weighted by Crippen LogP contribution is 2.21. The van der Waals surface area contributed by atoms with E-state index in [1.165, 1.54) is 11.1 Å². The Kier molecular flexibility index (Phi) is 5.10. The highest BCUT2D eigenvalue weighted by Gasteiger charge is 2.11. The first-order valence-electron chi connectivity index (χ1n) is 6.66. The van der Waals surface area contributed by atoms with Crippen LogP contribution >= 0.6 is 11.6 Å². The number of halogens is 1. The molecule has 2 rings (SSSR count). The van der Waals surface area contributed by atoms with Gasteiger partial charge in [-0.3, -0.25) is 0 Å². The molecule has 1 aromatic carbocycles. The zero-order chi connectivity index (χ0) is 14.5. The van der Waals surface area contributed by atoms with Crippen LogP contribution in [0.5, 0.6) is 0 Å². The molecule has 106 valence electrons. The number of rotatable bonds is 5. The monoisotopic (exact) mass is 290 g/mol. The first-order chi connectivity index (χ1) is 9.60. The molecule has 0 N–H and O–H groups in total. The molecular formula is C16H19ClN2O. The van der Waals surface area contributed by atoms with Gasteiger partial charge in [0.2, 0.25) is 0 Å². The van der Waals surface area contributed by atoms with E-state index in [9.17, 15) is 0 Å². The molecule has 0 amide bonds. The molecule has 0 radical (unpaired) electrons. The van der Waals surface area contributed by atoms with E-state index >= 15 is 0 Å². The zero-order valence-corrected chi connectivity index (χ0v) is 12.9. The maximum absolute atomic E-state index is 6.31. The summed E-state index contributed by atoms with van der Waals surface area (Å²) >= 11 is 6.31. The van der Waals surface area contributed by atoms with Crippen molar-refractivity contribution in [1.29, 1.82) is 0 Å². The molecule has 0 aliphatic carbocycles. The van der Waals surface area contributed by atoms with E-state index in [1.807, 2.05) is 6.92 Å². The third-order valence-electron chi connectivity index (χ3n) is 3.20. The van der Waals surface area contributed by atoms with Crippen LogP contribution in [0.15, 0.2) is 24.3 Å². The maximum Gasteiger partial charge on any atom is 0.136 e. The SMILES string of the molecule is COCCc1nc(C)c(Cc2cccc(C)c2)c(Cl)n1. The number of ether oxygens (including phenoxy) is 1. The van der Waals surface area contributed by atoms with Crippen LogP contribution in [0.3, 0.4) is 0 Å². The number of hydrogen-bond acceptors (Lipinski definition) is 3. The predicted molar refractivity (Wildman–Crippen MR) is 81.3 cm³/mol. The fourth-order valence-electron chi connectivity index (χ4n) is 2.15. The van der Waals surface area contributed by atoms with E-state index in [0.29, 0.717) is 18.2 Å². The Morgan fingerprint density at radius 1 is 1.20 bits per heavy atom. The number of nitrogens with zero attached hydrogens (tertiary/aromatic N) is 2. The van der Waals surface area contributed by atoms with E-state index in [4.69, 9.17) is 16.3 Å². The lowest BCUT2D eigenvalue weighted by molar-refractivity contribution is 0.200. The summed E-state index contributed by atoms with van der Waals surface area (Å²) in [6.45, 7) is 4.67. The summed E-state index contributed by atoms with van der Waals surface area (Å²) < 4.78 is 5.04. The largest absolute Gasteiger partial charge is 0.384 e. The van der Waals surface area contributed by atoms with E-state index < -0.39 is 0 Å². The highest BCUT2D eigenvalue weighted by atomic mass is 35.5. The topological polar surface area (TPSA) is 35.0 Å². The number of aromatic nitrogens is 2. The first-order valence-corrected chi connectivity index (χ1v) is 7.04. The second kappa shape index (κ2) is 6.82. The predicted octanol–water partition coefficient (Wildman–Crippen LogP) is 3.53. The van der Waals surface area contributed by atoms with Gasteiger partial charge < -0.3 is 4.74 Å². The van der Waals surface area contributed by atoms with E-state index in [0.717, 1.165) is 23.5 Å². The van der Waals surface area contributed by atoms with Crippen LogP contribution in [-0.4, -0.2) is 23.7 Å². The van der Waals surface area contributed by atoms with Crippen molar-refractivity contribution in [3.63, 3.8) is 0 Å². The summed E-state index contributed by atoms with van der Waals surface area (Å²) in [4.78, 5) is 8.88. The van der Waals surface area contributed by atoms with Crippen molar-refractivity contribution in [2.24, 2.45) is 0 Å². The molecule has 0 aliphatic rings. The van der Waals surface area contributed by atoms with Gasteiger partial charge in [-0.05, 0) is 19.4 Å². The van der Waals surface area contributed by atoms with Gasteiger partial charge in [0.15, 0.2) is 0 Å². The van der Waals surface area contributed by atoms with Crippen LogP contribution < -0.4 is 0 Å². The fourth-order valence-corrected chi connectivity index (χ4v) is 2.45. The zero-order valence-electron chi connectivity index (χ0n) is 12.1. The Bertz CT molecular complexity index is 576. The molecule has 3 nitrogen and oxygen atoms in total. The number of methoxy groups -OCH3 is 1. The number of benzene rings is 1. The minimum absolute atomic E-state index is 0.546. The normalized spacial score (nSPS) is 10.8. The van der Waals surface area contributed by atoms with Gasteiger partial charge in [-0.15, -0.1) is 0 Å².